The zero-order valence-electron chi connectivity index (χ0n) is 8.93. The summed E-state index contributed by atoms with van der Waals surface area (Å²) in [6.45, 7) is 4.12. The van der Waals surface area contributed by atoms with Gasteiger partial charge in [0.1, 0.15) is 0 Å². The SMILES string of the molecule is CC1=[C-]CC=C1.CC1=[C-]CC=C1.[Cl-].[Cl-].[V+4]. The van der Waals surface area contributed by atoms with E-state index in [2.05, 4.69) is 50.3 Å². The Morgan fingerprint density at radius 1 is 0.867 bits per heavy atom. The summed E-state index contributed by atoms with van der Waals surface area (Å²) in [7, 11) is 0. The first-order chi connectivity index (χ1) is 5.79. The second-order valence-electron chi connectivity index (χ2n) is 2.93. The van der Waals surface area contributed by atoms with E-state index in [1.807, 2.05) is 0 Å². The minimum Gasteiger partial charge on any atom is -1.00 e. The van der Waals surface area contributed by atoms with Crippen molar-refractivity contribution in [2.75, 3.05) is 0 Å². The molecule has 0 aromatic heterocycles. The van der Waals surface area contributed by atoms with Gasteiger partial charge in [-0.05, 0) is 0 Å². The minimum atomic E-state index is 0. The Kier molecular flexibility index (Phi) is 16.7. The third-order valence-corrected chi connectivity index (χ3v) is 1.73. The van der Waals surface area contributed by atoms with Crippen LogP contribution >= 0.6 is 0 Å². The van der Waals surface area contributed by atoms with Gasteiger partial charge in [-0.15, -0.1) is 12.8 Å². The predicted molar refractivity (Wildman–Crippen MR) is 52.4 cm³/mol. The standard InChI is InChI=1S/2C6H7.2ClH.V/c2*1-6-4-2-3-5-6;;;/h2*2,4H,3H2,1H3;2*1H;/q2*-1;;;+4/p-2. The average Bonchev–Trinajstić information content (AvgIpc) is 2.63. The maximum atomic E-state index is 3.12. The van der Waals surface area contributed by atoms with Gasteiger partial charge in [0.05, 0.1) is 0 Å². The van der Waals surface area contributed by atoms with E-state index < -0.39 is 0 Å². The molecule has 0 bridgehead atoms. The molecule has 0 heterocycles. The van der Waals surface area contributed by atoms with E-state index in [-0.39, 0.29) is 43.4 Å². The van der Waals surface area contributed by atoms with E-state index in [9.17, 15) is 0 Å². The van der Waals surface area contributed by atoms with E-state index >= 15 is 0 Å². The zero-order valence-corrected chi connectivity index (χ0v) is 11.8. The van der Waals surface area contributed by atoms with E-state index in [0.29, 0.717) is 0 Å². The van der Waals surface area contributed by atoms with Crippen molar-refractivity contribution >= 4 is 0 Å². The van der Waals surface area contributed by atoms with Crippen molar-refractivity contribution in [3.05, 3.63) is 47.6 Å². The quantitative estimate of drug-likeness (QED) is 0.427. The summed E-state index contributed by atoms with van der Waals surface area (Å²) in [6, 6.07) is 0. The van der Waals surface area contributed by atoms with Crippen LogP contribution in [-0.2, 0) is 18.6 Å². The number of rotatable bonds is 0. The molecule has 15 heavy (non-hydrogen) atoms. The Bertz CT molecular complexity index is 229. The molecule has 0 aromatic rings. The van der Waals surface area contributed by atoms with Gasteiger partial charge in [-0.2, -0.15) is 12.2 Å². The summed E-state index contributed by atoms with van der Waals surface area (Å²) in [5.74, 6) is 0. The molecule has 0 spiro atoms. The maximum absolute atomic E-state index is 3.12. The van der Waals surface area contributed by atoms with Crippen molar-refractivity contribution in [2.24, 2.45) is 0 Å². The molecule has 1 radical (unpaired) electrons. The minimum absolute atomic E-state index is 0. The Hall–Kier alpha value is 0.124. The third kappa shape index (κ3) is 10.4. The molecule has 0 N–H and O–H groups in total. The topological polar surface area (TPSA) is 0 Å². The zero-order chi connectivity index (χ0) is 8.81. The summed E-state index contributed by atoms with van der Waals surface area (Å²) in [4.78, 5) is 0. The summed E-state index contributed by atoms with van der Waals surface area (Å²) >= 11 is 0. The van der Waals surface area contributed by atoms with Crippen LogP contribution in [0.5, 0.6) is 0 Å². The van der Waals surface area contributed by atoms with Crippen LogP contribution in [0.25, 0.3) is 0 Å². The van der Waals surface area contributed by atoms with E-state index in [0.717, 1.165) is 12.8 Å². The van der Waals surface area contributed by atoms with Gasteiger partial charge in [0, 0.05) is 0 Å². The van der Waals surface area contributed by atoms with Crippen LogP contribution in [0.15, 0.2) is 35.5 Å². The van der Waals surface area contributed by atoms with Crippen LogP contribution in [0, 0.1) is 12.2 Å². The Balaban J connectivity index is -0.000000160. The van der Waals surface area contributed by atoms with Gasteiger partial charge in [0.2, 0.25) is 0 Å². The molecule has 0 amide bonds. The fourth-order valence-corrected chi connectivity index (χ4v) is 1.03. The predicted octanol–water partition coefficient (Wildman–Crippen LogP) is -2.60. The molecule has 2 rings (SSSR count). The summed E-state index contributed by atoms with van der Waals surface area (Å²) < 4.78 is 0. The monoisotopic (exact) mass is 279 g/mol. The fourth-order valence-electron chi connectivity index (χ4n) is 1.03. The molecule has 0 aliphatic heterocycles. The van der Waals surface area contributed by atoms with Crippen molar-refractivity contribution in [3.63, 3.8) is 0 Å². The molecule has 0 saturated heterocycles. The van der Waals surface area contributed by atoms with Gasteiger partial charge >= 0.3 is 18.6 Å². The Morgan fingerprint density at radius 2 is 1.20 bits per heavy atom. The molecular formula is C12H14Cl2V. The van der Waals surface area contributed by atoms with Crippen LogP contribution in [0.1, 0.15) is 26.7 Å². The fraction of sp³-hybridized carbons (Fsp3) is 0.333. The van der Waals surface area contributed by atoms with Crippen molar-refractivity contribution < 1.29 is 43.4 Å². The molecule has 0 nitrogen and oxygen atoms in total. The van der Waals surface area contributed by atoms with Gasteiger partial charge in [0.25, 0.3) is 0 Å². The molecule has 0 unspecified atom stereocenters. The smallest absolute Gasteiger partial charge is 1.00 e. The van der Waals surface area contributed by atoms with Crippen LogP contribution < -0.4 is 24.8 Å². The Morgan fingerprint density at radius 3 is 1.27 bits per heavy atom. The molecule has 3 heteroatoms. The molecular weight excluding hydrogens is 266 g/mol. The number of hydrogen-bond donors (Lipinski definition) is 0. The van der Waals surface area contributed by atoms with Gasteiger partial charge < -0.3 is 24.8 Å². The average molecular weight is 280 g/mol. The normalized spacial score (nSPS) is 14.8. The van der Waals surface area contributed by atoms with Gasteiger partial charge in [-0.3, -0.25) is 12.2 Å². The van der Waals surface area contributed by atoms with Crippen molar-refractivity contribution in [3.8, 4) is 0 Å². The second-order valence-corrected chi connectivity index (χ2v) is 2.93. The van der Waals surface area contributed by atoms with Crippen LogP contribution in [-0.4, -0.2) is 0 Å². The van der Waals surface area contributed by atoms with Gasteiger partial charge in [-0.1, -0.05) is 13.8 Å². The molecule has 81 valence electrons. The second kappa shape index (κ2) is 12.2. The van der Waals surface area contributed by atoms with Crippen LogP contribution in [0.4, 0.5) is 0 Å². The van der Waals surface area contributed by atoms with E-state index in [1.54, 1.807) is 0 Å². The van der Waals surface area contributed by atoms with Crippen molar-refractivity contribution in [1.29, 1.82) is 0 Å². The maximum Gasteiger partial charge on any atom is 4.00 e. The van der Waals surface area contributed by atoms with E-state index in [4.69, 9.17) is 0 Å². The number of hydrogen-bond acceptors (Lipinski definition) is 0. The molecule has 0 saturated carbocycles. The van der Waals surface area contributed by atoms with Gasteiger partial charge in [-0.25, -0.2) is 23.3 Å². The number of halogens is 2. The van der Waals surface area contributed by atoms with E-state index in [1.165, 1.54) is 11.1 Å². The van der Waals surface area contributed by atoms with Crippen molar-refractivity contribution in [2.45, 2.75) is 26.7 Å². The first-order valence-corrected chi connectivity index (χ1v) is 4.27. The summed E-state index contributed by atoms with van der Waals surface area (Å²) in [5.41, 5.74) is 2.55. The molecule has 0 fully saturated rings. The molecule has 2 aliphatic carbocycles. The number of allylic oxidation sites excluding steroid dienone is 8. The summed E-state index contributed by atoms with van der Waals surface area (Å²) in [6.07, 6.45) is 16.7. The van der Waals surface area contributed by atoms with Crippen molar-refractivity contribution in [1.82, 2.24) is 0 Å². The molecule has 0 aromatic carbocycles. The van der Waals surface area contributed by atoms with Crippen LogP contribution in [0.2, 0.25) is 0 Å². The third-order valence-electron chi connectivity index (χ3n) is 1.73. The first kappa shape index (κ1) is 20.5. The Labute approximate surface area is 117 Å². The first-order valence-electron chi connectivity index (χ1n) is 4.27. The van der Waals surface area contributed by atoms with Gasteiger partial charge in [0.15, 0.2) is 0 Å². The molecule has 2 aliphatic rings. The summed E-state index contributed by atoms with van der Waals surface area (Å²) in [5, 5.41) is 0. The molecule has 0 atom stereocenters. The largest absolute Gasteiger partial charge is 4.00 e. The van der Waals surface area contributed by atoms with Crippen LogP contribution in [0.3, 0.4) is 0 Å².